The Morgan fingerprint density at radius 2 is 1.71 bits per heavy atom. The van der Waals surface area contributed by atoms with Crippen LogP contribution in [0.3, 0.4) is 0 Å². The van der Waals surface area contributed by atoms with Crippen molar-refractivity contribution >= 4 is 10.8 Å². The van der Waals surface area contributed by atoms with Crippen molar-refractivity contribution in [2.45, 2.75) is 25.4 Å². The predicted molar refractivity (Wildman–Crippen MR) is 86.4 cm³/mol. The minimum absolute atomic E-state index is 0.764. The van der Waals surface area contributed by atoms with Gasteiger partial charge < -0.3 is 5.11 Å². The Hall–Kier alpha value is -2.12. The summed E-state index contributed by atoms with van der Waals surface area (Å²) in [7, 11) is 0. The molecule has 1 unspecified atom stereocenters. The summed E-state index contributed by atoms with van der Waals surface area (Å²) in [6.07, 6.45) is 1.70. The highest BCUT2D eigenvalue weighted by atomic mass is 16.3. The molecule has 0 amide bonds. The molecule has 104 valence electrons. The summed E-state index contributed by atoms with van der Waals surface area (Å²) in [6, 6.07) is 21.0. The molecule has 1 N–H and O–H groups in total. The van der Waals surface area contributed by atoms with Crippen LogP contribution in [0.4, 0.5) is 0 Å². The Kier molecular flexibility index (Phi) is 2.66. The molecule has 1 atom stereocenters. The summed E-state index contributed by atoms with van der Waals surface area (Å²) in [6.45, 7) is 2.09. The molecule has 1 heteroatoms. The molecule has 0 saturated carbocycles. The number of aliphatic hydroxyl groups is 1. The average Bonchev–Trinajstić information content (AvgIpc) is 2.85. The van der Waals surface area contributed by atoms with Gasteiger partial charge in [0.05, 0.1) is 0 Å². The van der Waals surface area contributed by atoms with E-state index in [-0.39, 0.29) is 0 Å². The topological polar surface area (TPSA) is 20.2 Å². The number of benzene rings is 3. The summed E-state index contributed by atoms with van der Waals surface area (Å²) in [5.74, 6) is 0. The van der Waals surface area contributed by atoms with E-state index in [0.29, 0.717) is 0 Å². The lowest BCUT2D eigenvalue weighted by Gasteiger charge is -2.26. The van der Waals surface area contributed by atoms with Crippen molar-refractivity contribution in [1.29, 1.82) is 0 Å². The first-order valence-electron chi connectivity index (χ1n) is 7.49. The van der Waals surface area contributed by atoms with Gasteiger partial charge in [-0.15, -0.1) is 0 Å². The van der Waals surface area contributed by atoms with Crippen LogP contribution in [0.5, 0.6) is 0 Å². The second-order valence-corrected chi connectivity index (χ2v) is 6.05. The van der Waals surface area contributed by atoms with Gasteiger partial charge in [0.25, 0.3) is 0 Å². The monoisotopic (exact) mass is 274 g/mol. The van der Waals surface area contributed by atoms with Gasteiger partial charge in [-0.05, 0) is 47.2 Å². The van der Waals surface area contributed by atoms with E-state index in [0.717, 1.165) is 29.4 Å². The van der Waals surface area contributed by atoms with Crippen LogP contribution in [-0.2, 0) is 12.0 Å². The summed E-state index contributed by atoms with van der Waals surface area (Å²) >= 11 is 0. The van der Waals surface area contributed by atoms with Crippen molar-refractivity contribution in [3.05, 3.63) is 82.9 Å². The molecule has 4 rings (SSSR count). The quantitative estimate of drug-likeness (QED) is 0.700. The summed E-state index contributed by atoms with van der Waals surface area (Å²) < 4.78 is 0. The average molecular weight is 274 g/mol. The van der Waals surface area contributed by atoms with Gasteiger partial charge in [0, 0.05) is 0 Å². The highest BCUT2D eigenvalue weighted by Crippen LogP contribution is 2.44. The maximum atomic E-state index is 11.4. The van der Waals surface area contributed by atoms with Crippen LogP contribution in [0.2, 0.25) is 0 Å². The standard InChI is InChI=1S/C20H18O/c1-14-9-10-16-11-12-20(21,19(16)13-14)18-8-4-6-15-5-2-3-7-17(15)18/h2-10,13,21H,11-12H2,1H3. The molecule has 21 heavy (non-hydrogen) atoms. The lowest BCUT2D eigenvalue weighted by Crippen LogP contribution is -2.24. The molecule has 0 aliphatic heterocycles. The van der Waals surface area contributed by atoms with E-state index in [4.69, 9.17) is 0 Å². The van der Waals surface area contributed by atoms with E-state index in [1.165, 1.54) is 16.5 Å². The Labute approximate surface area is 124 Å². The molecule has 0 bridgehead atoms. The smallest absolute Gasteiger partial charge is 0.116 e. The normalized spacial score (nSPS) is 20.7. The first-order valence-corrected chi connectivity index (χ1v) is 7.49. The first kappa shape index (κ1) is 12.6. The van der Waals surface area contributed by atoms with Crippen LogP contribution in [0.1, 0.15) is 28.7 Å². The van der Waals surface area contributed by atoms with Crippen molar-refractivity contribution in [3.63, 3.8) is 0 Å². The zero-order chi connectivity index (χ0) is 14.4. The van der Waals surface area contributed by atoms with Gasteiger partial charge in [0.15, 0.2) is 0 Å². The Morgan fingerprint density at radius 3 is 2.62 bits per heavy atom. The number of hydrogen-bond acceptors (Lipinski definition) is 1. The molecule has 3 aromatic rings. The maximum absolute atomic E-state index is 11.4. The van der Waals surface area contributed by atoms with Crippen molar-refractivity contribution in [1.82, 2.24) is 0 Å². The molecule has 0 spiro atoms. The van der Waals surface area contributed by atoms with E-state index in [1.54, 1.807) is 0 Å². The lowest BCUT2D eigenvalue weighted by atomic mass is 9.84. The molecule has 1 aliphatic carbocycles. The number of rotatable bonds is 1. The predicted octanol–water partition coefficient (Wildman–Crippen LogP) is 4.33. The fourth-order valence-corrected chi connectivity index (χ4v) is 3.61. The fourth-order valence-electron chi connectivity index (χ4n) is 3.61. The van der Waals surface area contributed by atoms with Gasteiger partial charge >= 0.3 is 0 Å². The van der Waals surface area contributed by atoms with Crippen LogP contribution < -0.4 is 0 Å². The van der Waals surface area contributed by atoms with E-state index < -0.39 is 5.60 Å². The molecule has 0 radical (unpaired) electrons. The Balaban J connectivity index is 2.00. The summed E-state index contributed by atoms with van der Waals surface area (Å²) in [5, 5.41) is 13.8. The molecule has 1 nitrogen and oxygen atoms in total. The van der Waals surface area contributed by atoms with Gasteiger partial charge in [-0.3, -0.25) is 0 Å². The zero-order valence-electron chi connectivity index (χ0n) is 12.1. The van der Waals surface area contributed by atoms with Crippen LogP contribution >= 0.6 is 0 Å². The summed E-state index contributed by atoms with van der Waals surface area (Å²) in [4.78, 5) is 0. The van der Waals surface area contributed by atoms with Crippen LogP contribution in [0.15, 0.2) is 60.7 Å². The maximum Gasteiger partial charge on any atom is 0.116 e. The highest BCUT2D eigenvalue weighted by Gasteiger charge is 2.39. The van der Waals surface area contributed by atoms with Crippen molar-refractivity contribution in [2.75, 3.05) is 0 Å². The molecular formula is C20H18O. The van der Waals surface area contributed by atoms with Gasteiger partial charge in [0.1, 0.15) is 5.60 Å². The Morgan fingerprint density at radius 1 is 0.905 bits per heavy atom. The Bertz CT molecular complexity index is 829. The third kappa shape index (κ3) is 1.81. The molecule has 0 saturated heterocycles. The van der Waals surface area contributed by atoms with Gasteiger partial charge in [0.2, 0.25) is 0 Å². The summed E-state index contributed by atoms with van der Waals surface area (Å²) in [5.41, 5.74) is 3.73. The number of hydrogen-bond donors (Lipinski definition) is 1. The van der Waals surface area contributed by atoms with E-state index in [2.05, 4.69) is 49.4 Å². The SMILES string of the molecule is Cc1ccc2c(c1)C(O)(c1cccc3ccccc13)CC2. The van der Waals surface area contributed by atoms with E-state index >= 15 is 0 Å². The van der Waals surface area contributed by atoms with Crippen molar-refractivity contribution in [2.24, 2.45) is 0 Å². The van der Waals surface area contributed by atoms with Crippen LogP contribution in [-0.4, -0.2) is 5.11 Å². The minimum Gasteiger partial charge on any atom is -0.380 e. The lowest BCUT2D eigenvalue weighted by molar-refractivity contribution is 0.0844. The minimum atomic E-state index is -0.859. The molecule has 0 heterocycles. The van der Waals surface area contributed by atoms with E-state index in [9.17, 15) is 5.11 Å². The molecule has 3 aromatic carbocycles. The largest absolute Gasteiger partial charge is 0.380 e. The number of aryl methyl sites for hydroxylation is 2. The third-order valence-corrected chi connectivity index (χ3v) is 4.70. The van der Waals surface area contributed by atoms with Gasteiger partial charge in [-0.2, -0.15) is 0 Å². The highest BCUT2D eigenvalue weighted by molar-refractivity contribution is 5.87. The second kappa shape index (κ2) is 4.44. The van der Waals surface area contributed by atoms with Crippen LogP contribution in [0.25, 0.3) is 10.8 Å². The molecule has 0 aromatic heterocycles. The first-order chi connectivity index (χ1) is 10.2. The van der Waals surface area contributed by atoms with Crippen LogP contribution in [0, 0.1) is 6.92 Å². The van der Waals surface area contributed by atoms with Crippen molar-refractivity contribution < 1.29 is 5.11 Å². The third-order valence-electron chi connectivity index (χ3n) is 4.70. The zero-order valence-corrected chi connectivity index (χ0v) is 12.1. The molecular weight excluding hydrogens is 256 g/mol. The fraction of sp³-hybridized carbons (Fsp3) is 0.200. The number of fused-ring (bicyclic) bond motifs is 2. The molecule has 1 aliphatic rings. The van der Waals surface area contributed by atoms with Gasteiger partial charge in [-0.1, -0.05) is 66.2 Å². The van der Waals surface area contributed by atoms with E-state index in [1.807, 2.05) is 18.2 Å². The second-order valence-electron chi connectivity index (χ2n) is 6.05. The molecule has 0 fully saturated rings. The van der Waals surface area contributed by atoms with Gasteiger partial charge in [-0.25, -0.2) is 0 Å². The van der Waals surface area contributed by atoms with Crippen molar-refractivity contribution in [3.8, 4) is 0 Å².